The maximum absolute atomic E-state index is 11.3. The summed E-state index contributed by atoms with van der Waals surface area (Å²) in [5.41, 5.74) is 0.809. The first-order valence-corrected chi connectivity index (χ1v) is 7.82. The molecule has 0 N–H and O–H groups in total. The molecule has 0 radical (unpaired) electrons. The Bertz CT molecular complexity index is 1000. The number of rotatable bonds is 4. The van der Waals surface area contributed by atoms with E-state index in [1.807, 2.05) is 35.7 Å². The molecule has 0 unspecified atom stereocenters. The van der Waals surface area contributed by atoms with Crippen molar-refractivity contribution < 1.29 is 13.7 Å². The van der Waals surface area contributed by atoms with E-state index in [0.717, 1.165) is 16.0 Å². The first kappa shape index (κ1) is 13.8. The van der Waals surface area contributed by atoms with Crippen molar-refractivity contribution in [2.24, 2.45) is 0 Å². The van der Waals surface area contributed by atoms with Crippen LogP contribution in [0.15, 0.2) is 67.6 Å². The van der Waals surface area contributed by atoms with Gasteiger partial charge in [0, 0.05) is 23.6 Å². The summed E-state index contributed by atoms with van der Waals surface area (Å²) < 4.78 is 16.1. The minimum Gasteiger partial charge on any atom is -0.487 e. The number of fused-ring (bicyclic) bond motifs is 1. The molecule has 0 amide bonds. The largest absolute Gasteiger partial charge is 0.487 e. The summed E-state index contributed by atoms with van der Waals surface area (Å²) in [7, 11) is 0. The van der Waals surface area contributed by atoms with E-state index < -0.39 is 0 Å². The maximum Gasteiger partial charge on any atom is 0.336 e. The van der Waals surface area contributed by atoms with Crippen LogP contribution in [0.25, 0.3) is 21.6 Å². The van der Waals surface area contributed by atoms with Crippen LogP contribution in [0, 0.1) is 0 Å². The zero-order valence-corrected chi connectivity index (χ0v) is 12.7. The zero-order valence-electron chi connectivity index (χ0n) is 11.9. The maximum atomic E-state index is 11.3. The Balaban J connectivity index is 1.51. The summed E-state index contributed by atoms with van der Waals surface area (Å²) in [6, 6.07) is 14.3. The summed E-state index contributed by atoms with van der Waals surface area (Å²) in [5.74, 6) is 1.33. The lowest BCUT2D eigenvalue weighted by atomic mass is 10.2. The van der Waals surface area contributed by atoms with Crippen molar-refractivity contribution in [3.8, 4) is 16.4 Å². The van der Waals surface area contributed by atoms with E-state index in [1.54, 1.807) is 23.5 Å². The quantitative estimate of drug-likeness (QED) is 0.529. The fourth-order valence-electron chi connectivity index (χ4n) is 2.20. The van der Waals surface area contributed by atoms with Crippen LogP contribution in [0.1, 0.15) is 5.69 Å². The lowest BCUT2D eigenvalue weighted by molar-refractivity contribution is 0.290. The van der Waals surface area contributed by atoms with Crippen molar-refractivity contribution in [3.63, 3.8) is 0 Å². The van der Waals surface area contributed by atoms with Gasteiger partial charge in [-0.3, -0.25) is 0 Å². The summed E-state index contributed by atoms with van der Waals surface area (Å²) in [6.45, 7) is 0.275. The minimum absolute atomic E-state index is 0.275. The summed E-state index contributed by atoms with van der Waals surface area (Å²) in [5, 5.41) is 6.83. The van der Waals surface area contributed by atoms with Gasteiger partial charge in [-0.25, -0.2) is 4.79 Å². The number of benzene rings is 1. The lowest BCUT2D eigenvalue weighted by Gasteiger charge is -2.04. The highest BCUT2D eigenvalue weighted by Crippen LogP contribution is 2.26. The second-order valence-corrected chi connectivity index (χ2v) is 5.85. The van der Waals surface area contributed by atoms with Crippen LogP contribution in [-0.4, -0.2) is 5.16 Å². The molecule has 0 saturated heterocycles. The van der Waals surface area contributed by atoms with Gasteiger partial charge in [-0.05, 0) is 29.6 Å². The molecule has 23 heavy (non-hydrogen) atoms. The zero-order chi connectivity index (χ0) is 15.6. The lowest BCUT2D eigenvalue weighted by Crippen LogP contribution is -1.97. The van der Waals surface area contributed by atoms with E-state index in [-0.39, 0.29) is 12.2 Å². The molecule has 114 valence electrons. The fraction of sp³-hybridized carbons (Fsp3) is 0.0588. The molecule has 0 atom stereocenters. The molecule has 0 saturated carbocycles. The Hall–Kier alpha value is -2.86. The molecular weight excluding hydrogens is 314 g/mol. The van der Waals surface area contributed by atoms with Crippen molar-refractivity contribution in [3.05, 3.63) is 70.0 Å². The Kier molecular flexibility index (Phi) is 3.44. The predicted molar refractivity (Wildman–Crippen MR) is 86.6 cm³/mol. The van der Waals surface area contributed by atoms with Gasteiger partial charge in [0.05, 0.1) is 4.88 Å². The number of hydrogen-bond acceptors (Lipinski definition) is 6. The van der Waals surface area contributed by atoms with E-state index in [1.165, 1.54) is 6.07 Å². The predicted octanol–water partition coefficient (Wildman–Crippen LogP) is 4.09. The van der Waals surface area contributed by atoms with Gasteiger partial charge in [-0.15, -0.1) is 11.3 Å². The third-order valence-corrected chi connectivity index (χ3v) is 4.19. The van der Waals surface area contributed by atoms with Crippen LogP contribution >= 0.6 is 11.3 Å². The molecule has 4 aromatic rings. The van der Waals surface area contributed by atoms with Gasteiger partial charge in [0.2, 0.25) is 0 Å². The molecule has 0 aliphatic heterocycles. The first-order valence-electron chi connectivity index (χ1n) is 6.94. The van der Waals surface area contributed by atoms with Crippen LogP contribution in [-0.2, 0) is 6.61 Å². The second-order valence-electron chi connectivity index (χ2n) is 4.90. The number of aromatic nitrogens is 1. The Morgan fingerprint density at radius 3 is 2.91 bits per heavy atom. The highest BCUT2D eigenvalue weighted by Gasteiger charge is 2.08. The topological polar surface area (TPSA) is 65.5 Å². The highest BCUT2D eigenvalue weighted by atomic mass is 32.1. The van der Waals surface area contributed by atoms with Gasteiger partial charge in [-0.2, -0.15) is 0 Å². The smallest absolute Gasteiger partial charge is 0.336 e. The monoisotopic (exact) mass is 325 g/mol. The van der Waals surface area contributed by atoms with Gasteiger partial charge in [-0.1, -0.05) is 11.2 Å². The molecule has 1 aromatic carbocycles. The van der Waals surface area contributed by atoms with Crippen molar-refractivity contribution in [1.29, 1.82) is 0 Å². The number of thiophene rings is 1. The van der Waals surface area contributed by atoms with Crippen LogP contribution in [0.3, 0.4) is 0 Å². The molecule has 0 bridgehead atoms. The molecule has 5 nitrogen and oxygen atoms in total. The first-order chi connectivity index (χ1) is 11.3. The average Bonchev–Trinajstić information content (AvgIpc) is 3.23. The number of hydrogen-bond donors (Lipinski definition) is 0. The van der Waals surface area contributed by atoms with Gasteiger partial charge in [0.15, 0.2) is 5.76 Å². The van der Waals surface area contributed by atoms with Crippen molar-refractivity contribution in [2.75, 3.05) is 0 Å². The highest BCUT2D eigenvalue weighted by molar-refractivity contribution is 7.13. The summed E-state index contributed by atoms with van der Waals surface area (Å²) >= 11 is 1.59. The van der Waals surface area contributed by atoms with Gasteiger partial charge in [0.25, 0.3) is 0 Å². The van der Waals surface area contributed by atoms with Crippen molar-refractivity contribution in [2.45, 2.75) is 6.61 Å². The van der Waals surface area contributed by atoms with Gasteiger partial charge in [0.1, 0.15) is 23.6 Å². The molecule has 0 aliphatic rings. The van der Waals surface area contributed by atoms with E-state index in [2.05, 4.69) is 5.16 Å². The van der Waals surface area contributed by atoms with Gasteiger partial charge < -0.3 is 13.7 Å². The summed E-state index contributed by atoms with van der Waals surface area (Å²) in [6.07, 6.45) is 0. The van der Waals surface area contributed by atoms with Gasteiger partial charge >= 0.3 is 5.63 Å². The third-order valence-electron chi connectivity index (χ3n) is 3.30. The van der Waals surface area contributed by atoms with Crippen LogP contribution in [0.2, 0.25) is 0 Å². The molecule has 0 aliphatic carbocycles. The molecule has 6 heteroatoms. The SMILES string of the molecule is O=c1ccc2ccc(OCc3cc(-c4cccs4)on3)cc2o1. The Morgan fingerprint density at radius 1 is 1.13 bits per heavy atom. The Labute approximate surface area is 134 Å². The summed E-state index contributed by atoms with van der Waals surface area (Å²) in [4.78, 5) is 12.3. The van der Waals surface area contributed by atoms with Crippen molar-refractivity contribution >= 4 is 22.3 Å². The van der Waals surface area contributed by atoms with Crippen LogP contribution < -0.4 is 10.4 Å². The molecule has 4 rings (SSSR count). The molecule has 3 aromatic heterocycles. The van der Waals surface area contributed by atoms with Crippen molar-refractivity contribution in [1.82, 2.24) is 5.16 Å². The molecule has 0 fully saturated rings. The Morgan fingerprint density at radius 2 is 2.04 bits per heavy atom. The van der Waals surface area contributed by atoms with E-state index in [0.29, 0.717) is 17.0 Å². The number of nitrogens with zero attached hydrogens (tertiary/aromatic N) is 1. The molecule has 3 heterocycles. The normalized spacial score (nSPS) is 11.0. The van der Waals surface area contributed by atoms with Crippen LogP contribution in [0.5, 0.6) is 5.75 Å². The van der Waals surface area contributed by atoms with E-state index in [4.69, 9.17) is 13.7 Å². The number of ether oxygens (including phenoxy) is 1. The molecular formula is C17H11NO4S. The average molecular weight is 325 g/mol. The third kappa shape index (κ3) is 2.89. The second kappa shape index (κ2) is 5.73. The van der Waals surface area contributed by atoms with E-state index >= 15 is 0 Å². The minimum atomic E-state index is -0.383. The van der Waals surface area contributed by atoms with E-state index in [9.17, 15) is 4.79 Å². The standard InChI is InChI=1S/C17H11NO4S/c19-17-6-4-11-3-5-13(9-14(11)21-17)20-10-12-8-15(22-18-12)16-2-1-7-23-16/h1-9H,10H2. The fourth-order valence-corrected chi connectivity index (χ4v) is 2.88. The van der Waals surface area contributed by atoms with Crippen LogP contribution in [0.4, 0.5) is 0 Å². The molecule has 0 spiro atoms.